The normalized spacial score (nSPS) is 11.5. The van der Waals surface area contributed by atoms with E-state index in [1.54, 1.807) is 0 Å². The van der Waals surface area contributed by atoms with Gasteiger partial charge in [0.05, 0.1) is 11.3 Å². The van der Waals surface area contributed by atoms with Crippen molar-refractivity contribution in [1.82, 2.24) is 5.32 Å². The summed E-state index contributed by atoms with van der Waals surface area (Å²) in [5.74, 6) is -0.403. The topological polar surface area (TPSA) is 41.1 Å². The van der Waals surface area contributed by atoms with E-state index in [0.29, 0.717) is 5.56 Å². The maximum Gasteiger partial charge on any atom is 0.418 e. The van der Waals surface area contributed by atoms with Crippen molar-refractivity contribution < 1.29 is 22.4 Å². The molecule has 0 atom stereocenters. The number of amides is 2. The number of halogens is 5. The number of anilines is 1. The van der Waals surface area contributed by atoms with E-state index < -0.39 is 29.3 Å². The molecule has 0 radical (unpaired) electrons. The van der Waals surface area contributed by atoms with Crippen molar-refractivity contribution in [3.05, 3.63) is 70.6 Å². The Hall–Kier alpha value is -2.54. The van der Waals surface area contributed by atoms with Crippen molar-refractivity contribution in [2.24, 2.45) is 0 Å². The minimum atomic E-state index is -4.66. The zero-order valence-electron chi connectivity index (χ0n) is 12.0. The molecule has 0 saturated carbocycles. The standard InChI is InChI=1S/C16H11ClF4N2O/c17-11-3-6-14(13(9-11)16(19,20)21)23-15(24)22-8-7-10-1-4-12(18)5-2-10/h1-9H,(H2,22,23,24)/b8-7+. The summed E-state index contributed by atoms with van der Waals surface area (Å²) in [6.45, 7) is 0. The summed E-state index contributed by atoms with van der Waals surface area (Å²) in [7, 11) is 0. The van der Waals surface area contributed by atoms with Crippen LogP contribution in [0, 0.1) is 5.82 Å². The van der Waals surface area contributed by atoms with Gasteiger partial charge in [-0.1, -0.05) is 23.7 Å². The molecule has 0 unspecified atom stereocenters. The minimum absolute atomic E-state index is 0.0931. The Labute approximate surface area is 139 Å². The lowest BCUT2D eigenvalue weighted by atomic mass is 10.1. The number of rotatable bonds is 3. The van der Waals surface area contributed by atoms with Crippen LogP contribution in [0.2, 0.25) is 5.02 Å². The molecule has 0 fully saturated rings. The van der Waals surface area contributed by atoms with Gasteiger partial charge < -0.3 is 10.6 Å². The predicted molar refractivity (Wildman–Crippen MR) is 84.0 cm³/mol. The Balaban J connectivity index is 2.04. The van der Waals surface area contributed by atoms with E-state index in [2.05, 4.69) is 10.6 Å². The third kappa shape index (κ3) is 4.99. The molecule has 0 spiro atoms. The maximum absolute atomic E-state index is 12.9. The van der Waals surface area contributed by atoms with Crippen LogP contribution >= 0.6 is 11.6 Å². The fourth-order valence-corrected chi connectivity index (χ4v) is 1.98. The quantitative estimate of drug-likeness (QED) is 0.719. The van der Waals surface area contributed by atoms with Crippen LogP contribution in [-0.2, 0) is 6.18 Å². The number of carbonyl (C=O) groups is 1. The molecule has 0 aliphatic heterocycles. The summed E-state index contributed by atoms with van der Waals surface area (Å²) in [5.41, 5.74) is -0.855. The molecule has 2 aromatic carbocycles. The van der Waals surface area contributed by atoms with Crippen LogP contribution in [0.15, 0.2) is 48.7 Å². The van der Waals surface area contributed by atoms with Crippen LogP contribution in [0.25, 0.3) is 6.08 Å². The van der Waals surface area contributed by atoms with E-state index in [0.717, 1.165) is 12.1 Å². The monoisotopic (exact) mass is 358 g/mol. The average Bonchev–Trinajstić information content (AvgIpc) is 2.50. The van der Waals surface area contributed by atoms with Gasteiger partial charge in [0, 0.05) is 11.2 Å². The molecule has 24 heavy (non-hydrogen) atoms. The second-order valence-corrected chi connectivity index (χ2v) is 5.11. The van der Waals surface area contributed by atoms with E-state index in [-0.39, 0.29) is 5.02 Å². The zero-order chi connectivity index (χ0) is 17.7. The van der Waals surface area contributed by atoms with E-state index in [4.69, 9.17) is 11.6 Å². The van der Waals surface area contributed by atoms with Crippen molar-refractivity contribution in [2.75, 3.05) is 5.32 Å². The van der Waals surface area contributed by atoms with Crippen molar-refractivity contribution in [3.63, 3.8) is 0 Å². The lowest BCUT2D eigenvalue weighted by molar-refractivity contribution is -0.136. The molecule has 2 N–H and O–H groups in total. The number of benzene rings is 2. The van der Waals surface area contributed by atoms with Crippen LogP contribution < -0.4 is 10.6 Å². The van der Waals surface area contributed by atoms with Gasteiger partial charge in [-0.25, -0.2) is 9.18 Å². The van der Waals surface area contributed by atoms with Crippen molar-refractivity contribution in [3.8, 4) is 0 Å². The molecule has 0 aromatic heterocycles. The molecule has 0 saturated heterocycles. The fourth-order valence-electron chi connectivity index (χ4n) is 1.81. The molecule has 3 nitrogen and oxygen atoms in total. The molecule has 0 aliphatic carbocycles. The largest absolute Gasteiger partial charge is 0.418 e. The first kappa shape index (κ1) is 17.8. The third-order valence-corrected chi connectivity index (χ3v) is 3.13. The van der Waals surface area contributed by atoms with Crippen molar-refractivity contribution in [1.29, 1.82) is 0 Å². The van der Waals surface area contributed by atoms with E-state index in [9.17, 15) is 22.4 Å². The number of carbonyl (C=O) groups excluding carboxylic acids is 1. The molecule has 8 heteroatoms. The molecule has 126 valence electrons. The minimum Gasteiger partial charge on any atom is -0.314 e. The van der Waals surface area contributed by atoms with Crippen molar-refractivity contribution >= 4 is 29.4 Å². The van der Waals surface area contributed by atoms with Gasteiger partial charge >= 0.3 is 12.2 Å². The number of urea groups is 1. The molecule has 0 bridgehead atoms. The van der Waals surface area contributed by atoms with Crippen molar-refractivity contribution in [2.45, 2.75) is 6.18 Å². The van der Waals surface area contributed by atoms with Gasteiger partial charge in [-0.05, 0) is 42.0 Å². The van der Waals surface area contributed by atoms with Crippen LogP contribution in [0.1, 0.15) is 11.1 Å². The van der Waals surface area contributed by atoms with Gasteiger partial charge in [0.1, 0.15) is 5.82 Å². The second-order valence-electron chi connectivity index (χ2n) is 4.67. The number of hydrogen-bond acceptors (Lipinski definition) is 1. The fraction of sp³-hybridized carbons (Fsp3) is 0.0625. The molecule has 0 aliphatic rings. The molecule has 2 aromatic rings. The van der Waals surface area contributed by atoms with Gasteiger partial charge in [0.15, 0.2) is 0 Å². The zero-order valence-corrected chi connectivity index (χ0v) is 12.8. The first-order valence-corrected chi connectivity index (χ1v) is 7.00. The average molecular weight is 359 g/mol. The first-order valence-electron chi connectivity index (χ1n) is 6.62. The van der Waals surface area contributed by atoms with Gasteiger partial charge in [-0.3, -0.25) is 0 Å². The molecular formula is C16H11ClF4N2O. The van der Waals surface area contributed by atoms with Crippen LogP contribution in [0.3, 0.4) is 0 Å². The lowest BCUT2D eigenvalue weighted by Gasteiger charge is -2.13. The Morgan fingerprint density at radius 3 is 2.38 bits per heavy atom. The van der Waals surface area contributed by atoms with Crippen LogP contribution in [0.5, 0.6) is 0 Å². The van der Waals surface area contributed by atoms with E-state index >= 15 is 0 Å². The second kappa shape index (κ2) is 7.35. The highest BCUT2D eigenvalue weighted by atomic mass is 35.5. The Morgan fingerprint density at radius 1 is 1.08 bits per heavy atom. The van der Waals surface area contributed by atoms with E-state index in [1.165, 1.54) is 42.6 Å². The first-order chi connectivity index (χ1) is 11.3. The van der Waals surface area contributed by atoms with Gasteiger partial charge in [-0.2, -0.15) is 13.2 Å². The van der Waals surface area contributed by atoms with Gasteiger partial charge in [0.25, 0.3) is 0 Å². The number of nitrogens with one attached hydrogen (secondary N) is 2. The predicted octanol–water partition coefficient (Wildman–Crippen LogP) is 5.29. The molecule has 2 amide bonds. The Kier molecular flexibility index (Phi) is 5.46. The summed E-state index contributed by atoms with van der Waals surface area (Å²) in [5, 5.41) is 4.27. The molecule has 0 heterocycles. The van der Waals surface area contributed by atoms with Gasteiger partial charge in [-0.15, -0.1) is 0 Å². The molecule has 2 rings (SSSR count). The van der Waals surface area contributed by atoms with Gasteiger partial charge in [0.2, 0.25) is 0 Å². The highest BCUT2D eigenvalue weighted by Crippen LogP contribution is 2.36. The maximum atomic E-state index is 12.9. The summed E-state index contributed by atoms with van der Waals surface area (Å²) < 4.78 is 51.5. The summed E-state index contributed by atoms with van der Waals surface area (Å²) in [6.07, 6.45) is -1.96. The SMILES string of the molecule is O=C(N/C=C/c1ccc(F)cc1)Nc1ccc(Cl)cc1C(F)(F)F. The summed E-state index contributed by atoms with van der Waals surface area (Å²) in [6, 6.07) is 7.60. The number of alkyl halides is 3. The smallest absolute Gasteiger partial charge is 0.314 e. The highest BCUT2D eigenvalue weighted by molar-refractivity contribution is 6.30. The number of hydrogen-bond donors (Lipinski definition) is 2. The highest BCUT2D eigenvalue weighted by Gasteiger charge is 2.34. The van der Waals surface area contributed by atoms with Crippen LogP contribution in [0.4, 0.5) is 28.0 Å². The van der Waals surface area contributed by atoms with Crippen LogP contribution in [-0.4, -0.2) is 6.03 Å². The summed E-state index contributed by atoms with van der Waals surface area (Å²) in [4.78, 5) is 11.7. The Bertz CT molecular complexity index is 758. The third-order valence-electron chi connectivity index (χ3n) is 2.90. The molecular weight excluding hydrogens is 348 g/mol. The summed E-state index contributed by atoms with van der Waals surface area (Å²) >= 11 is 5.56. The van der Waals surface area contributed by atoms with E-state index in [1.807, 2.05) is 0 Å². The lowest BCUT2D eigenvalue weighted by Crippen LogP contribution is -2.25. The Morgan fingerprint density at radius 2 is 1.75 bits per heavy atom.